The molecule has 6 nitrogen and oxygen atoms in total. The van der Waals surface area contributed by atoms with Gasteiger partial charge < -0.3 is 15.4 Å². The molecule has 166 valence electrons. The summed E-state index contributed by atoms with van der Waals surface area (Å²) in [5.41, 5.74) is 4.04. The zero-order chi connectivity index (χ0) is 23.8. The molecule has 2 N–H and O–H groups in total. The summed E-state index contributed by atoms with van der Waals surface area (Å²) in [4.78, 5) is 24.5. The smallest absolute Gasteiger partial charge is 0.266 e. The standard InChI is InChI=1S/C26H22ClN3O3/c1-17-6-9-23(12-18(17)2)29-25(31)16-33-24-10-7-19(8-11-24)13-20(15-28)26(32)30-22-5-3-4-21(27)14-22/h3-14H,16H2,1-2H3,(H,29,31)(H,30,32)/b20-13-. The Kier molecular flexibility index (Phi) is 7.85. The molecule has 3 rings (SSSR count). The highest BCUT2D eigenvalue weighted by Gasteiger charge is 2.10. The fraction of sp³-hybridized carbons (Fsp3) is 0.115. The Morgan fingerprint density at radius 1 is 0.970 bits per heavy atom. The van der Waals surface area contributed by atoms with E-state index in [1.54, 1.807) is 48.5 Å². The van der Waals surface area contributed by atoms with Crippen molar-refractivity contribution in [3.63, 3.8) is 0 Å². The highest BCUT2D eigenvalue weighted by molar-refractivity contribution is 6.31. The second kappa shape index (κ2) is 11.0. The van der Waals surface area contributed by atoms with Crippen LogP contribution in [0.25, 0.3) is 6.08 Å². The molecule has 0 radical (unpaired) electrons. The molecule has 33 heavy (non-hydrogen) atoms. The van der Waals surface area contributed by atoms with Gasteiger partial charge in [-0.15, -0.1) is 0 Å². The Morgan fingerprint density at radius 3 is 2.36 bits per heavy atom. The van der Waals surface area contributed by atoms with Gasteiger partial charge in [0.2, 0.25) is 0 Å². The zero-order valence-corrected chi connectivity index (χ0v) is 18.9. The monoisotopic (exact) mass is 459 g/mol. The third-order valence-electron chi connectivity index (χ3n) is 4.80. The number of nitrogens with zero attached hydrogens (tertiary/aromatic N) is 1. The van der Waals surface area contributed by atoms with Gasteiger partial charge in [-0.25, -0.2) is 0 Å². The first-order valence-corrected chi connectivity index (χ1v) is 10.5. The van der Waals surface area contributed by atoms with Gasteiger partial charge >= 0.3 is 0 Å². The Hall–Kier alpha value is -4.08. The van der Waals surface area contributed by atoms with Crippen molar-refractivity contribution in [2.75, 3.05) is 17.2 Å². The second-order valence-electron chi connectivity index (χ2n) is 7.34. The number of nitriles is 1. The van der Waals surface area contributed by atoms with Gasteiger partial charge in [0, 0.05) is 16.4 Å². The Bertz CT molecular complexity index is 1240. The average molecular weight is 460 g/mol. The van der Waals surface area contributed by atoms with Gasteiger partial charge in [-0.05, 0) is 79.1 Å². The molecule has 0 saturated carbocycles. The number of halogens is 1. The largest absolute Gasteiger partial charge is 0.484 e. The Morgan fingerprint density at radius 2 is 1.70 bits per heavy atom. The molecule has 7 heteroatoms. The lowest BCUT2D eigenvalue weighted by molar-refractivity contribution is -0.118. The second-order valence-corrected chi connectivity index (χ2v) is 7.78. The molecule has 2 amide bonds. The topological polar surface area (TPSA) is 91.2 Å². The van der Waals surface area contributed by atoms with Crippen molar-refractivity contribution in [2.24, 2.45) is 0 Å². The number of ether oxygens (including phenoxy) is 1. The third kappa shape index (κ3) is 6.96. The summed E-state index contributed by atoms with van der Waals surface area (Å²) >= 11 is 5.92. The van der Waals surface area contributed by atoms with Gasteiger partial charge in [0.15, 0.2) is 6.61 Å². The molecule has 0 unspecified atom stereocenters. The van der Waals surface area contributed by atoms with Crippen LogP contribution in [0.4, 0.5) is 11.4 Å². The predicted molar refractivity (Wildman–Crippen MR) is 130 cm³/mol. The molecule has 0 spiro atoms. The number of benzene rings is 3. The van der Waals surface area contributed by atoms with E-state index < -0.39 is 5.91 Å². The maximum atomic E-state index is 12.4. The number of amides is 2. The van der Waals surface area contributed by atoms with Gasteiger partial charge in [-0.1, -0.05) is 35.9 Å². The van der Waals surface area contributed by atoms with Crippen LogP contribution in [0, 0.1) is 25.2 Å². The maximum Gasteiger partial charge on any atom is 0.266 e. The molecule has 0 bridgehead atoms. The van der Waals surface area contributed by atoms with Crippen LogP contribution < -0.4 is 15.4 Å². The van der Waals surface area contributed by atoms with Gasteiger partial charge in [0.05, 0.1) is 0 Å². The van der Waals surface area contributed by atoms with E-state index in [0.717, 1.165) is 11.1 Å². The molecule has 0 aromatic heterocycles. The van der Waals surface area contributed by atoms with E-state index in [-0.39, 0.29) is 18.1 Å². The maximum absolute atomic E-state index is 12.4. The van der Waals surface area contributed by atoms with Crippen LogP contribution in [0.1, 0.15) is 16.7 Å². The fourth-order valence-electron chi connectivity index (χ4n) is 2.91. The van der Waals surface area contributed by atoms with Crippen molar-refractivity contribution in [3.8, 4) is 11.8 Å². The highest BCUT2D eigenvalue weighted by Crippen LogP contribution is 2.18. The minimum absolute atomic E-state index is 0.0589. The van der Waals surface area contributed by atoms with E-state index >= 15 is 0 Å². The van der Waals surface area contributed by atoms with Crippen molar-refractivity contribution < 1.29 is 14.3 Å². The van der Waals surface area contributed by atoms with Gasteiger partial charge in [-0.3, -0.25) is 9.59 Å². The molecule has 0 fully saturated rings. The molecule has 0 atom stereocenters. The lowest BCUT2D eigenvalue weighted by Crippen LogP contribution is -2.20. The normalized spacial score (nSPS) is 10.8. The molecule has 0 aliphatic carbocycles. The Labute approximate surface area is 197 Å². The van der Waals surface area contributed by atoms with Crippen LogP contribution in [0.15, 0.2) is 72.3 Å². The van der Waals surface area contributed by atoms with E-state index in [4.69, 9.17) is 16.3 Å². The van der Waals surface area contributed by atoms with E-state index in [2.05, 4.69) is 10.6 Å². The lowest BCUT2D eigenvalue weighted by atomic mass is 10.1. The van der Waals surface area contributed by atoms with Crippen molar-refractivity contribution in [2.45, 2.75) is 13.8 Å². The summed E-state index contributed by atoms with van der Waals surface area (Å²) in [5.74, 6) is -0.320. The quantitative estimate of drug-likeness (QED) is 0.359. The molecule has 3 aromatic rings. The lowest BCUT2D eigenvalue weighted by Gasteiger charge is -2.09. The number of aryl methyl sites for hydroxylation is 2. The third-order valence-corrected chi connectivity index (χ3v) is 5.03. The minimum Gasteiger partial charge on any atom is -0.484 e. The van der Waals surface area contributed by atoms with Crippen LogP contribution in [0.2, 0.25) is 5.02 Å². The molecule has 3 aromatic carbocycles. The number of anilines is 2. The number of rotatable bonds is 7. The molecule has 0 saturated heterocycles. The number of hydrogen-bond donors (Lipinski definition) is 2. The number of hydrogen-bond acceptors (Lipinski definition) is 4. The number of carbonyl (C=O) groups is 2. The molecule has 0 aliphatic heterocycles. The van der Waals surface area contributed by atoms with Crippen LogP contribution in [0.5, 0.6) is 5.75 Å². The SMILES string of the molecule is Cc1ccc(NC(=O)COc2ccc(/C=C(/C#N)C(=O)Nc3cccc(Cl)c3)cc2)cc1C. The van der Waals surface area contributed by atoms with E-state index in [1.165, 1.54) is 6.08 Å². The first-order valence-electron chi connectivity index (χ1n) is 10.1. The number of nitrogens with one attached hydrogen (secondary N) is 2. The van der Waals surface area contributed by atoms with E-state index in [0.29, 0.717) is 27.7 Å². The molecular formula is C26H22ClN3O3. The predicted octanol–water partition coefficient (Wildman–Crippen LogP) is 5.52. The fourth-order valence-corrected chi connectivity index (χ4v) is 3.10. The average Bonchev–Trinajstić information content (AvgIpc) is 2.79. The van der Waals surface area contributed by atoms with Crippen molar-refractivity contribution in [1.82, 2.24) is 0 Å². The van der Waals surface area contributed by atoms with Gasteiger partial charge in [0.25, 0.3) is 11.8 Å². The summed E-state index contributed by atoms with van der Waals surface area (Å²) in [6.07, 6.45) is 1.47. The van der Waals surface area contributed by atoms with Crippen molar-refractivity contribution in [1.29, 1.82) is 5.26 Å². The van der Waals surface area contributed by atoms with E-state index in [1.807, 2.05) is 38.1 Å². The van der Waals surface area contributed by atoms with E-state index in [9.17, 15) is 14.9 Å². The number of carbonyl (C=O) groups excluding carboxylic acids is 2. The van der Waals surface area contributed by atoms with Crippen LogP contribution >= 0.6 is 11.6 Å². The highest BCUT2D eigenvalue weighted by atomic mass is 35.5. The first-order chi connectivity index (χ1) is 15.8. The van der Waals surface area contributed by atoms with Crippen LogP contribution in [-0.4, -0.2) is 18.4 Å². The van der Waals surface area contributed by atoms with Gasteiger partial charge in [0.1, 0.15) is 17.4 Å². The van der Waals surface area contributed by atoms with Crippen LogP contribution in [0.3, 0.4) is 0 Å². The minimum atomic E-state index is -0.539. The van der Waals surface area contributed by atoms with Crippen LogP contribution in [-0.2, 0) is 9.59 Å². The molecule has 0 heterocycles. The first kappa shape index (κ1) is 23.6. The van der Waals surface area contributed by atoms with Crippen molar-refractivity contribution >= 4 is 40.9 Å². The van der Waals surface area contributed by atoms with Gasteiger partial charge in [-0.2, -0.15) is 5.26 Å². The Balaban J connectivity index is 1.57. The summed E-state index contributed by atoms with van der Waals surface area (Å²) in [5, 5.41) is 15.3. The summed E-state index contributed by atoms with van der Waals surface area (Å²) in [6, 6.07) is 21.0. The molecule has 0 aliphatic rings. The summed E-state index contributed by atoms with van der Waals surface area (Å²) < 4.78 is 5.53. The molecular weight excluding hydrogens is 438 g/mol. The summed E-state index contributed by atoms with van der Waals surface area (Å²) in [7, 11) is 0. The zero-order valence-electron chi connectivity index (χ0n) is 18.2. The summed E-state index contributed by atoms with van der Waals surface area (Å²) in [6.45, 7) is 3.85. The van der Waals surface area contributed by atoms with Crippen molar-refractivity contribution in [3.05, 3.63) is 94.0 Å².